The minimum Gasteiger partial charge on any atom is -0.508 e. The maximum absolute atomic E-state index is 11.4. The summed E-state index contributed by atoms with van der Waals surface area (Å²) in [6.45, 7) is 14.3. The summed E-state index contributed by atoms with van der Waals surface area (Å²) in [7, 11) is 0. The summed E-state index contributed by atoms with van der Waals surface area (Å²) in [5, 5.41) is 22.9. The lowest BCUT2D eigenvalue weighted by Crippen LogP contribution is -2.26. The van der Waals surface area contributed by atoms with Crippen molar-refractivity contribution in [1.29, 1.82) is 0 Å². The van der Waals surface area contributed by atoms with Gasteiger partial charge in [0.2, 0.25) is 0 Å². The van der Waals surface area contributed by atoms with E-state index in [0.717, 1.165) is 24.7 Å². The molecule has 0 aromatic heterocycles. The van der Waals surface area contributed by atoms with Crippen molar-refractivity contribution < 1.29 is 10.2 Å². The lowest BCUT2D eigenvalue weighted by molar-refractivity contribution is 0.340. The normalized spacial score (nSPS) is 33.9. The van der Waals surface area contributed by atoms with Gasteiger partial charge >= 0.3 is 0 Å². The van der Waals surface area contributed by atoms with Crippen LogP contribution in [0, 0.1) is 11.8 Å². The van der Waals surface area contributed by atoms with Gasteiger partial charge in [-0.3, -0.25) is 0 Å². The van der Waals surface area contributed by atoms with Crippen LogP contribution in [0.15, 0.2) is 24.3 Å². The molecule has 0 bridgehead atoms. The third kappa shape index (κ3) is 3.95. The third-order valence-corrected chi connectivity index (χ3v) is 11.2. The first-order valence-electron chi connectivity index (χ1n) is 15.2. The summed E-state index contributed by atoms with van der Waals surface area (Å²) in [4.78, 5) is 0. The predicted octanol–water partition coefficient (Wildman–Crippen LogP) is 9.33. The Balaban J connectivity index is 1.45. The molecule has 1 spiro atoms. The second-order valence-electron chi connectivity index (χ2n) is 15.0. The largest absolute Gasteiger partial charge is 0.508 e. The van der Waals surface area contributed by atoms with Crippen LogP contribution in [0.25, 0.3) is 0 Å². The molecule has 2 heteroatoms. The van der Waals surface area contributed by atoms with Gasteiger partial charge in [0, 0.05) is 5.41 Å². The highest BCUT2D eigenvalue weighted by atomic mass is 16.3. The van der Waals surface area contributed by atoms with E-state index in [-0.39, 0.29) is 16.2 Å². The minimum absolute atomic E-state index is 0.0330. The zero-order valence-corrected chi connectivity index (χ0v) is 24.1. The van der Waals surface area contributed by atoms with Crippen LogP contribution in [-0.4, -0.2) is 10.2 Å². The zero-order chi connectivity index (χ0) is 26.3. The van der Waals surface area contributed by atoms with E-state index in [1.54, 1.807) is 0 Å². The Morgan fingerprint density at radius 2 is 0.892 bits per heavy atom. The first-order valence-corrected chi connectivity index (χ1v) is 15.2. The summed E-state index contributed by atoms with van der Waals surface area (Å²) in [6.07, 6.45) is 11.9. The molecular weight excluding hydrogens is 452 g/mol. The molecule has 0 aliphatic heterocycles. The first kappa shape index (κ1) is 25.3. The molecule has 2 saturated carbocycles. The summed E-state index contributed by atoms with van der Waals surface area (Å²) >= 11 is 0. The van der Waals surface area contributed by atoms with Gasteiger partial charge < -0.3 is 10.2 Å². The van der Waals surface area contributed by atoms with E-state index in [9.17, 15) is 10.2 Å². The zero-order valence-electron chi connectivity index (χ0n) is 24.1. The monoisotopic (exact) mass is 500 g/mol. The van der Waals surface area contributed by atoms with Gasteiger partial charge in [0.05, 0.1) is 0 Å². The van der Waals surface area contributed by atoms with Crippen molar-refractivity contribution >= 4 is 0 Å². The van der Waals surface area contributed by atoms with Crippen molar-refractivity contribution in [3.05, 3.63) is 57.6 Å². The molecule has 0 radical (unpaired) electrons. The Morgan fingerprint density at radius 3 is 1.24 bits per heavy atom. The number of benzene rings is 2. The van der Waals surface area contributed by atoms with Crippen molar-refractivity contribution in [3.8, 4) is 11.5 Å². The Kier molecular flexibility index (Phi) is 5.83. The molecule has 0 amide bonds. The van der Waals surface area contributed by atoms with Gasteiger partial charge in [-0.25, -0.2) is 0 Å². The predicted molar refractivity (Wildman–Crippen MR) is 153 cm³/mol. The number of hydrogen-bond acceptors (Lipinski definition) is 2. The topological polar surface area (TPSA) is 40.5 Å². The molecule has 37 heavy (non-hydrogen) atoms. The highest BCUT2D eigenvalue weighted by molar-refractivity contribution is 5.64. The standard InChI is InChI=1S/C35H48O2/c1-21-7-11-23(12-8-21)25-15-27-29(17-31(25)36)35(19-33(27,3)4)20-34(5,6)28-16-26(32(37)18-30(28)35)24-13-9-22(2)10-14-24/h15-18,21-24,36-37H,7-14,19-20H2,1-6H3. The van der Waals surface area contributed by atoms with Crippen molar-refractivity contribution in [2.45, 2.75) is 134 Å². The van der Waals surface area contributed by atoms with Crippen LogP contribution in [0.2, 0.25) is 0 Å². The molecule has 0 heterocycles. The lowest BCUT2D eigenvalue weighted by Gasteiger charge is -2.31. The lowest BCUT2D eigenvalue weighted by atomic mass is 9.72. The average Bonchev–Trinajstić information content (AvgIpc) is 3.18. The van der Waals surface area contributed by atoms with Gasteiger partial charge in [0.15, 0.2) is 0 Å². The van der Waals surface area contributed by atoms with Crippen molar-refractivity contribution in [1.82, 2.24) is 0 Å². The van der Waals surface area contributed by atoms with Crippen molar-refractivity contribution in [3.63, 3.8) is 0 Å². The highest BCUT2D eigenvalue weighted by Crippen LogP contribution is 2.64. The molecule has 4 aliphatic rings. The molecule has 200 valence electrons. The molecular formula is C35H48O2. The molecule has 2 aromatic rings. The summed E-state index contributed by atoms with van der Waals surface area (Å²) < 4.78 is 0. The maximum atomic E-state index is 11.4. The van der Waals surface area contributed by atoms with Gasteiger partial charge in [-0.2, -0.15) is 0 Å². The average molecular weight is 501 g/mol. The maximum Gasteiger partial charge on any atom is 0.119 e. The number of phenols is 2. The molecule has 2 aromatic carbocycles. The van der Waals surface area contributed by atoms with Crippen molar-refractivity contribution in [2.75, 3.05) is 0 Å². The number of rotatable bonds is 2. The van der Waals surface area contributed by atoms with Crippen LogP contribution in [0.1, 0.15) is 151 Å². The third-order valence-electron chi connectivity index (χ3n) is 11.2. The second kappa shape index (κ2) is 8.52. The number of aromatic hydroxyl groups is 2. The Hall–Kier alpha value is -1.96. The molecule has 0 atom stereocenters. The van der Waals surface area contributed by atoms with Crippen LogP contribution < -0.4 is 0 Å². The van der Waals surface area contributed by atoms with E-state index < -0.39 is 0 Å². The first-order chi connectivity index (χ1) is 17.4. The van der Waals surface area contributed by atoms with Crippen LogP contribution in [-0.2, 0) is 16.2 Å². The molecule has 6 rings (SSSR count). The summed E-state index contributed by atoms with van der Waals surface area (Å²) in [6, 6.07) is 9.08. The Bertz CT molecular complexity index is 1110. The van der Waals surface area contributed by atoms with E-state index in [2.05, 4.69) is 65.8 Å². The minimum atomic E-state index is -0.147. The van der Waals surface area contributed by atoms with E-state index in [1.165, 1.54) is 84.7 Å². The molecule has 0 saturated heterocycles. The van der Waals surface area contributed by atoms with E-state index in [1.807, 2.05) is 0 Å². The van der Waals surface area contributed by atoms with Crippen molar-refractivity contribution in [2.24, 2.45) is 11.8 Å². The molecule has 4 aliphatic carbocycles. The summed E-state index contributed by atoms with van der Waals surface area (Å²) in [5.41, 5.74) is 7.75. The second-order valence-corrected chi connectivity index (χ2v) is 15.0. The fraction of sp³-hybridized carbons (Fsp3) is 0.657. The number of hydrogen-bond donors (Lipinski definition) is 2. The Morgan fingerprint density at radius 1 is 0.541 bits per heavy atom. The highest BCUT2D eigenvalue weighted by Gasteiger charge is 2.57. The Labute approximate surface area is 224 Å². The number of phenolic OH excluding ortho intramolecular Hbond substituents is 2. The molecule has 2 fully saturated rings. The van der Waals surface area contributed by atoms with E-state index in [4.69, 9.17) is 0 Å². The molecule has 0 unspecified atom stereocenters. The van der Waals surface area contributed by atoms with Crippen LogP contribution >= 0.6 is 0 Å². The van der Waals surface area contributed by atoms with Crippen LogP contribution in [0.3, 0.4) is 0 Å². The van der Waals surface area contributed by atoms with Gasteiger partial charge in [-0.15, -0.1) is 0 Å². The van der Waals surface area contributed by atoms with E-state index >= 15 is 0 Å². The van der Waals surface area contributed by atoms with Gasteiger partial charge in [0.25, 0.3) is 0 Å². The van der Waals surface area contributed by atoms with Crippen LogP contribution in [0.4, 0.5) is 0 Å². The summed E-state index contributed by atoms with van der Waals surface area (Å²) in [5.74, 6) is 3.56. The molecule has 2 N–H and O–H groups in total. The van der Waals surface area contributed by atoms with Gasteiger partial charge in [-0.05, 0) is 119 Å². The number of fused-ring (bicyclic) bond motifs is 4. The smallest absolute Gasteiger partial charge is 0.119 e. The quantitative estimate of drug-likeness (QED) is 0.431. The molecule has 2 nitrogen and oxygen atoms in total. The van der Waals surface area contributed by atoms with Gasteiger partial charge in [0.1, 0.15) is 11.5 Å². The SMILES string of the molecule is CC1CCC(c2cc3c(cc2O)C2(CC3(C)C)CC(C)(C)c3cc(C4CCC(C)CC4)c(O)cc32)CC1. The van der Waals surface area contributed by atoms with Crippen LogP contribution in [0.5, 0.6) is 11.5 Å². The fourth-order valence-corrected chi connectivity index (χ4v) is 9.21. The van der Waals surface area contributed by atoms with Gasteiger partial charge in [-0.1, -0.05) is 79.4 Å². The fourth-order valence-electron chi connectivity index (χ4n) is 9.21. The van der Waals surface area contributed by atoms with E-state index in [0.29, 0.717) is 23.3 Å².